The molecule has 0 amide bonds. The average molecular weight is 272 g/mol. The largest absolute Gasteiger partial charge is 0.441 e. The summed E-state index contributed by atoms with van der Waals surface area (Å²) in [7, 11) is 0. The molecule has 20 heavy (non-hydrogen) atoms. The monoisotopic (exact) mass is 272 g/mol. The maximum Gasteiger partial charge on any atom is 0.195 e. The van der Waals surface area contributed by atoms with Gasteiger partial charge in [-0.25, -0.2) is 4.98 Å². The van der Waals surface area contributed by atoms with E-state index >= 15 is 0 Å². The molecule has 3 heteroatoms. The molecule has 0 spiro atoms. The van der Waals surface area contributed by atoms with E-state index in [-0.39, 0.29) is 0 Å². The number of nitrogens with one attached hydrogen (secondary N) is 1. The highest BCUT2D eigenvalue weighted by molar-refractivity contribution is 5.73. The second-order valence-corrected chi connectivity index (χ2v) is 6.42. The molecule has 1 aromatic heterocycles. The van der Waals surface area contributed by atoms with Gasteiger partial charge in [-0.2, -0.15) is 0 Å². The van der Waals surface area contributed by atoms with Gasteiger partial charge >= 0.3 is 0 Å². The van der Waals surface area contributed by atoms with Gasteiger partial charge in [-0.15, -0.1) is 0 Å². The summed E-state index contributed by atoms with van der Waals surface area (Å²) in [5.74, 6) is 2.24. The molecular formula is C17H24N2O. The van der Waals surface area contributed by atoms with Gasteiger partial charge in [-0.3, -0.25) is 0 Å². The second-order valence-electron chi connectivity index (χ2n) is 6.42. The van der Waals surface area contributed by atoms with E-state index < -0.39 is 0 Å². The molecule has 108 valence electrons. The minimum atomic E-state index is 0.670. The Morgan fingerprint density at radius 2 is 2.30 bits per heavy atom. The molecule has 1 aliphatic rings. The van der Waals surface area contributed by atoms with Crippen LogP contribution in [0.3, 0.4) is 0 Å². The number of rotatable bonds is 4. The minimum Gasteiger partial charge on any atom is -0.441 e. The predicted molar refractivity (Wildman–Crippen MR) is 81.8 cm³/mol. The van der Waals surface area contributed by atoms with Crippen molar-refractivity contribution in [2.45, 2.75) is 39.5 Å². The number of nitrogens with zero attached hydrogens (tertiary/aromatic N) is 1. The van der Waals surface area contributed by atoms with E-state index in [1.54, 1.807) is 0 Å². The Hall–Kier alpha value is -1.35. The van der Waals surface area contributed by atoms with Crippen LogP contribution in [0.1, 0.15) is 38.1 Å². The second kappa shape index (κ2) is 5.96. The summed E-state index contributed by atoms with van der Waals surface area (Å²) < 4.78 is 5.95. The van der Waals surface area contributed by atoms with Crippen LogP contribution in [-0.4, -0.2) is 18.1 Å². The van der Waals surface area contributed by atoms with Crippen molar-refractivity contribution in [1.82, 2.24) is 10.3 Å². The molecule has 0 bridgehead atoms. The Kier molecular flexibility index (Phi) is 4.06. The van der Waals surface area contributed by atoms with Gasteiger partial charge in [-0.05, 0) is 61.9 Å². The van der Waals surface area contributed by atoms with Gasteiger partial charge in [-0.1, -0.05) is 19.9 Å². The number of fused-ring (bicyclic) bond motifs is 1. The highest BCUT2D eigenvalue weighted by atomic mass is 16.3. The van der Waals surface area contributed by atoms with Crippen LogP contribution in [0.5, 0.6) is 0 Å². The summed E-state index contributed by atoms with van der Waals surface area (Å²) in [6.07, 6.45) is 4.60. The van der Waals surface area contributed by atoms with Crippen LogP contribution in [0.4, 0.5) is 0 Å². The number of piperidine rings is 1. The third kappa shape index (κ3) is 3.21. The van der Waals surface area contributed by atoms with Crippen molar-refractivity contribution in [2.75, 3.05) is 13.1 Å². The number of hydrogen-bond donors (Lipinski definition) is 1. The number of aromatic nitrogens is 1. The summed E-state index contributed by atoms with van der Waals surface area (Å²) in [5.41, 5.74) is 3.28. The van der Waals surface area contributed by atoms with E-state index in [1.165, 1.54) is 18.4 Å². The SMILES string of the molecule is CC(C)Cc1ccc2nc(CC3CCCNC3)oc2c1. The molecule has 1 fully saturated rings. The zero-order chi connectivity index (χ0) is 13.9. The maximum atomic E-state index is 5.95. The first-order valence-electron chi connectivity index (χ1n) is 7.80. The Morgan fingerprint density at radius 3 is 3.05 bits per heavy atom. The van der Waals surface area contributed by atoms with Gasteiger partial charge in [0.05, 0.1) is 0 Å². The number of benzene rings is 1. The lowest BCUT2D eigenvalue weighted by Crippen LogP contribution is -2.30. The molecular weight excluding hydrogens is 248 g/mol. The molecule has 1 unspecified atom stereocenters. The fraction of sp³-hybridized carbons (Fsp3) is 0.588. The van der Waals surface area contributed by atoms with Crippen molar-refractivity contribution in [1.29, 1.82) is 0 Å². The molecule has 0 saturated carbocycles. The summed E-state index contributed by atoms with van der Waals surface area (Å²) in [4.78, 5) is 4.63. The van der Waals surface area contributed by atoms with Gasteiger partial charge in [0.25, 0.3) is 0 Å². The molecule has 1 atom stereocenters. The van der Waals surface area contributed by atoms with Crippen LogP contribution in [0, 0.1) is 11.8 Å². The van der Waals surface area contributed by atoms with Crippen LogP contribution in [0.2, 0.25) is 0 Å². The highest BCUT2D eigenvalue weighted by Gasteiger charge is 2.17. The minimum absolute atomic E-state index is 0.670. The van der Waals surface area contributed by atoms with Gasteiger partial charge < -0.3 is 9.73 Å². The quantitative estimate of drug-likeness (QED) is 0.924. The van der Waals surface area contributed by atoms with Crippen LogP contribution in [-0.2, 0) is 12.8 Å². The highest BCUT2D eigenvalue weighted by Crippen LogP contribution is 2.22. The molecule has 1 N–H and O–H groups in total. The lowest BCUT2D eigenvalue weighted by molar-refractivity contribution is 0.349. The summed E-state index contributed by atoms with van der Waals surface area (Å²) >= 11 is 0. The lowest BCUT2D eigenvalue weighted by atomic mass is 9.96. The third-order valence-electron chi connectivity index (χ3n) is 4.00. The van der Waals surface area contributed by atoms with Gasteiger partial charge in [0.15, 0.2) is 11.5 Å². The number of oxazole rings is 1. The van der Waals surface area contributed by atoms with E-state index in [2.05, 4.69) is 42.3 Å². The van der Waals surface area contributed by atoms with Crippen LogP contribution >= 0.6 is 0 Å². The molecule has 3 nitrogen and oxygen atoms in total. The zero-order valence-electron chi connectivity index (χ0n) is 12.5. The third-order valence-corrected chi connectivity index (χ3v) is 4.00. The molecule has 1 saturated heterocycles. The molecule has 2 heterocycles. The first-order chi connectivity index (χ1) is 9.70. The first-order valence-corrected chi connectivity index (χ1v) is 7.80. The lowest BCUT2D eigenvalue weighted by Gasteiger charge is -2.21. The summed E-state index contributed by atoms with van der Waals surface area (Å²) in [5, 5.41) is 3.45. The van der Waals surface area contributed by atoms with E-state index in [4.69, 9.17) is 4.42 Å². The van der Waals surface area contributed by atoms with E-state index in [1.807, 2.05) is 0 Å². The zero-order valence-corrected chi connectivity index (χ0v) is 12.5. The van der Waals surface area contributed by atoms with Crippen molar-refractivity contribution >= 4 is 11.1 Å². The Balaban J connectivity index is 1.75. The normalized spacial score (nSPS) is 19.9. The Labute approximate surface area is 120 Å². The van der Waals surface area contributed by atoms with Crippen molar-refractivity contribution in [3.63, 3.8) is 0 Å². The molecule has 0 radical (unpaired) electrons. The van der Waals surface area contributed by atoms with E-state index in [0.29, 0.717) is 11.8 Å². The first kappa shape index (κ1) is 13.6. The molecule has 1 aromatic carbocycles. The Morgan fingerprint density at radius 1 is 1.40 bits per heavy atom. The standard InChI is InChI=1S/C17H24N2O/c1-12(2)8-13-5-6-15-16(9-13)20-17(19-15)10-14-4-3-7-18-11-14/h5-6,9,12,14,18H,3-4,7-8,10-11H2,1-2H3. The smallest absolute Gasteiger partial charge is 0.195 e. The van der Waals surface area contributed by atoms with E-state index in [9.17, 15) is 0 Å². The van der Waals surface area contributed by atoms with Crippen LogP contribution < -0.4 is 5.32 Å². The van der Waals surface area contributed by atoms with Crippen molar-refractivity contribution in [2.24, 2.45) is 11.8 Å². The van der Waals surface area contributed by atoms with Gasteiger partial charge in [0.1, 0.15) is 5.52 Å². The fourth-order valence-electron chi connectivity index (χ4n) is 3.05. The molecule has 1 aliphatic heterocycles. The topological polar surface area (TPSA) is 38.1 Å². The fourth-order valence-corrected chi connectivity index (χ4v) is 3.05. The summed E-state index contributed by atoms with van der Waals surface area (Å²) in [6, 6.07) is 6.43. The van der Waals surface area contributed by atoms with Crippen molar-refractivity contribution in [3.8, 4) is 0 Å². The van der Waals surface area contributed by atoms with Gasteiger partial charge in [0.2, 0.25) is 0 Å². The molecule has 2 aromatic rings. The van der Waals surface area contributed by atoms with Crippen molar-refractivity contribution in [3.05, 3.63) is 29.7 Å². The predicted octanol–water partition coefficient (Wildman–Crippen LogP) is 3.57. The van der Waals surface area contributed by atoms with Gasteiger partial charge in [0, 0.05) is 6.42 Å². The van der Waals surface area contributed by atoms with Crippen LogP contribution in [0.15, 0.2) is 22.6 Å². The maximum absolute atomic E-state index is 5.95. The summed E-state index contributed by atoms with van der Waals surface area (Å²) in [6.45, 7) is 6.73. The van der Waals surface area contributed by atoms with Crippen molar-refractivity contribution < 1.29 is 4.42 Å². The molecule has 0 aliphatic carbocycles. The number of hydrogen-bond acceptors (Lipinski definition) is 3. The van der Waals surface area contributed by atoms with E-state index in [0.717, 1.165) is 42.9 Å². The van der Waals surface area contributed by atoms with Crippen LogP contribution in [0.25, 0.3) is 11.1 Å². The molecule has 3 rings (SSSR count). The Bertz CT molecular complexity index is 567. The average Bonchev–Trinajstić information content (AvgIpc) is 2.80.